The molecule has 0 bridgehead atoms. The second kappa shape index (κ2) is 12.3. The second-order valence-electron chi connectivity index (χ2n) is 11.7. The van der Waals surface area contributed by atoms with Crippen LogP contribution in [0.25, 0.3) is 66.6 Å². The fourth-order valence-corrected chi connectivity index (χ4v) is 6.60. The minimum Gasteiger partial charge on any atom is -0.309 e. The van der Waals surface area contributed by atoms with Crippen LogP contribution in [0, 0.1) is 13.8 Å². The molecular weight excluding hydrogens is 556 g/mol. The molecule has 0 radical (unpaired) electrons. The van der Waals surface area contributed by atoms with Crippen LogP contribution in [0.1, 0.15) is 23.6 Å². The Morgan fingerprint density at radius 2 is 1.33 bits per heavy atom. The first-order chi connectivity index (χ1) is 22.5. The maximum absolute atomic E-state index is 4.61. The summed E-state index contributed by atoms with van der Waals surface area (Å²) < 4.78 is 2.40. The Kier molecular flexibility index (Phi) is 7.78. The number of para-hydroxylation sites is 1. The third-order valence-corrected chi connectivity index (χ3v) is 8.86. The Balaban J connectivity index is 1.60. The van der Waals surface area contributed by atoms with Crippen LogP contribution < -0.4 is 0 Å². The third kappa shape index (κ3) is 5.18. The summed E-state index contributed by atoms with van der Waals surface area (Å²) in [7, 11) is 0. The number of hydrogen-bond donors (Lipinski definition) is 0. The Bertz CT molecular complexity index is 2270. The van der Waals surface area contributed by atoms with Crippen molar-refractivity contribution in [2.24, 2.45) is 4.99 Å². The number of fused-ring (bicyclic) bond motifs is 3. The van der Waals surface area contributed by atoms with E-state index in [2.05, 4.69) is 163 Å². The van der Waals surface area contributed by atoms with Gasteiger partial charge in [0.05, 0.1) is 16.7 Å². The predicted molar refractivity (Wildman–Crippen MR) is 199 cm³/mol. The summed E-state index contributed by atoms with van der Waals surface area (Å²) in [6, 6.07) is 48.0. The number of hydrogen-bond acceptors (Lipinski definition) is 1. The van der Waals surface area contributed by atoms with Gasteiger partial charge < -0.3 is 4.57 Å². The van der Waals surface area contributed by atoms with Crippen LogP contribution in [-0.2, 0) is 0 Å². The third-order valence-electron chi connectivity index (χ3n) is 8.86. The van der Waals surface area contributed by atoms with E-state index in [1.807, 2.05) is 19.1 Å². The van der Waals surface area contributed by atoms with E-state index in [1.54, 1.807) is 6.21 Å². The van der Waals surface area contributed by atoms with E-state index >= 15 is 0 Å². The number of benzene rings is 6. The van der Waals surface area contributed by atoms with E-state index in [0.717, 1.165) is 22.5 Å². The minimum atomic E-state index is 0.741. The molecule has 6 aromatic carbocycles. The van der Waals surface area contributed by atoms with Gasteiger partial charge in [-0.05, 0) is 108 Å². The average molecular weight is 593 g/mol. The van der Waals surface area contributed by atoms with Crippen LogP contribution in [-0.4, -0.2) is 10.8 Å². The van der Waals surface area contributed by atoms with Gasteiger partial charge in [-0.15, -0.1) is 0 Å². The molecule has 0 saturated heterocycles. The first-order valence-electron chi connectivity index (χ1n) is 15.8. The predicted octanol–water partition coefficient (Wildman–Crippen LogP) is 12.0. The number of nitrogens with zero attached hydrogens (tertiary/aromatic N) is 2. The molecule has 7 aromatic rings. The Hall–Kier alpha value is -5.73. The van der Waals surface area contributed by atoms with Gasteiger partial charge >= 0.3 is 0 Å². The van der Waals surface area contributed by atoms with Gasteiger partial charge in [0.15, 0.2) is 0 Å². The van der Waals surface area contributed by atoms with Crippen molar-refractivity contribution in [3.63, 3.8) is 0 Å². The highest BCUT2D eigenvalue weighted by Crippen LogP contribution is 2.45. The Morgan fingerprint density at radius 1 is 0.652 bits per heavy atom. The number of aromatic nitrogens is 1. The van der Waals surface area contributed by atoms with E-state index in [1.165, 1.54) is 60.8 Å². The topological polar surface area (TPSA) is 17.3 Å². The number of aliphatic imine (C=N–C) groups is 1. The SMILES string of the molecule is C=C(N=C/C=C\C)c1ccc2c(c1)c1c(C)c(-c3cc(-c4ccccc4)ccc3C)c(-c3ccccc3)cc1n2-c1ccccc1. The summed E-state index contributed by atoms with van der Waals surface area (Å²) in [6.45, 7) is 10.8. The van der Waals surface area contributed by atoms with Crippen LogP contribution in [0.5, 0.6) is 0 Å². The minimum absolute atomic E-state index is 0.741. The molecule has 7 rings (SSSR count). The molecule has 222 valence electrons. The van der Waals surface area contributed by atoms with Crippen molar-refractivity contribution in [1.29, 1.82) is 0 Å². The number of aryl methyl sites for hydroxylation is 2. The van der Waals surface area contributed by atoms with Gasteiger partial charge in [0.25, 0.3) is 0 Å². The van der Waals surface area contributed by atoms with Crippen LogP contribution in [0.15, 0.2) is 157 Å². The molecule has 1 heterocycles. The molecule has 0 spiro atoms. The van der Waals surface area contributed by atoms with Gasteiger partial charge in [-0.25, -0.2) is 0 Å². The van der Waals surface area contributed by atoms with Crippen molar-refractivity contribution in [2.75, 3.05) is 0 Å². The smallest absolute Gasteiger partial charge is 0.0630 e. The lowest BCUT2D eigenvalue weighted by Crippen LogP contribution is -1.97. The molecule has 46 heavy (non-hydrogen) atoms. The first-order valence-corrected chi connectivity index (χ1v) is 15.8. The zero-order chi connectivity index (χ0) is 31.6. The zero-order valence-electron chi connectivity index (χ0n) is 26.5. The summed E-state index contributed by atoms with van der Waals surface area (Å²) >= 11 is 0. The maximum Gasteiger partial charge on any atom is 0.0630 e. The summed E-state index contributed by atoms with van der Waals surface area (Å²) in [6.07, 6.45) is 5.70. The molecule has 0 N–H and O–H groups in total. The monoisotopic (exact) mass is 592 g/mol. The van der Waals surface area contributed by atoms with E-state index in [0.29, 0.717) is 0 Å². The molecule has 0 aliphatic rings. The molecule has 2 heteroatoms. The van der Waals surface area contributed by atoms with E-state index in [-0.39, 0.29) is 0 Å². The summed E-state index contributed by atoms with van der Waals surface area (Å²) in [5.74, 6) is 0. The highest BCUT2D eigenvalue weighted by atomic mass is 15.0. The molecule has 0 unspecified atom stereocenters. The van der Waals surface area contributed by atoms with Gasteiger partial charge in [-0.3, -0.25) is 4.99 Å². The van der Waals surface area contributed by atoms with Crippen LogP contribution in [0.3, 0.4) is 0 Å². The van der Waals surface area contributed by atoms with Gasteiger partial charge in [0.1, 0.15) is 0 Å². The van der Waals surface area contributed by atoms with E-state index < -0.39 is 0 Å². The van der Waals surface area contributed by atoms with Gasteiger partial charge in [0.2, 0.25) is 0 Å². The summed E-state index contributed by atoms with van der Waals surface area (Å²) in [5.41, 5.74) is 15.1. The highest BCUT2D eigenvalue weighted by Gasteiger charge is 2.22. The molecule has 0 saturated carbocycles. The fraction of sp³-hybridized carbons (Fsp3) is 0.0682. The van der Waals surface area contributed by atoms with Gasteiger partial charge in [-0.1, -0.05) is 110 Å². The molecule has 0 fully saturated rings. The number of rotatable bonds is 7. The first kappa shape index (κ1) is 29.0. The lowest BCUT2D eigenvalue weighted by atomic mass is 9.85. The van der Waals surface area contributed by atoms with E-state index in [4.69, 9.17) is 0 Å². The quantitative estimate of drug-likeness (QED) is 0.164. The average Bonchev–Trinajstić information content (AvgIpc) is 3.43. The van der Waals surface area contributed by atoms with Gasteiger partial charge in [-0.2, -0.15) is 0 Å². The fourth-order valence-electron chi connectivity index (χ4n) is 6.60. The molecular formula is C44H36N2. The normalized spacial score (nSPS) is 11.7. The standard InChI is InChI=1S/C44H36N2/c1-5-6-26-45-32(4)35-24-25-41-40(27-35)44-31(3)43(38-28-36(23-22-30(38)2)33-16-10-7-11-17-33)39(34-18-12-8-13-19-34)29-42(44)46(41)37-20-14-9-15-21-37/h5-29H,4H2,1-3H3/b6-5-,45-26?. The largest absolute Gasteiger partial charge is 0.309 e. The zero-order valence-corrected chi connectivity index (χ0v) is 26.5. The van der Waals surface area contributed by atoms with Crippen LogP contribution in [0.2, 0.25) is 0 Å². The van der Waals surface area contributed by atoms with Crippen molar-refractivity contribution in [2.45, 2.75) is 20.8 Å². The highest BCUT2D eigenvalue weighted by molar-refractivity contribution is 6.15. The lowest BCUT2D eigenvalue weighted by Gasteiger charge is -2.19. The summed E-state index contributed by atoms with van der Waals surface area (Å²) in [5, 5.41) is 2.43. The Morgan fingerprint density at radius 3 is 2.02 bits per heavy atom. The van der Waals surface area contributed by atoms with Crippen LogP contribution in [0.4, 0.5) is 0 Å². The molecule has 1 aromatic heterocycles. The number of allylic oxidation sites excluding steroid dienone is 2. The van der Waals surface area contributed by atoms with Crippen molar-refractivity contribution in [3.8, 4) is 39.1 Å². The van der Waals surface area contributed by atoms with E-state index in [9.17, 15) is 0 Å². The molecule has 0 amide bonds. The Labute approximate surface area is 271 Å². The van der Waals surface area contributed by atoms with Crippen molar-refractivity contribution >= 4 is 33.7 Å². The molecule has 0 atom stereocenters. The van der Waals surface area contributed by atoms with Crippen molar-refractivity contribution < 1.29 is 0 Å². The molecule has 0 aliphatic heterocycles. The van der Waals surface area contributed by atoms with Crippen LogP contribution >= 0.6 is 0 Å². The molecule has 0 aliphatic carbocycles. The van der Waals surface area contributed by atoms with Crippen molar-refractivity contribution in [3.05, 3.63) is 169 Å². The lowest BCUT2D eigenvalue weighted by molar-refractivity contribution is 1.18. The molecule has 2 nitrogen and oxygen atoms in total. The maximum atomic E-state index is 4.61. The second-order valence-corrected chi connectivity index (χ2v) is 11.7. The summed E-state index contributed by atoms with van der Waals surface area (Å²) in [4.78, 5) is 4.61. The van der Waals surface area contributed by atoms with Gasteiger partial charge in [0, 0.05) is 28.2 Å². The van der Waals surface area contributed by atoms with Crippen molar-refractivity contribution in [1.82, 2.24) is 4.57 Å².